The largest absolute Gasteiger partial charge is 0.453 e. The summed E-state index contributed by atoms with van der Waals surface area (Å²) < 4.78 is 5.90. The third-order valence-corrected chi connectivity index (χ3v) is 1.93. The van der Waals surface area contributed by atoms with Gasteiger partial charge >= 0.3 is 0 Å². The Hall–Kier alpha value is -0.320. The van der Waals surface area contributed by atoms with E-state index in [1.165, 1.54) is 0 Å². The first kappa shape index (κ1) is 8.77. The predicted octanol–water partition coefficient (Wildman–Crippen LogP) is 2.47. The maximum absolute atomic E-state index is 8.66. The summed E-state index contributed by atoms with van der Waals surface area (Å²) in [6.45, 7) is 1.96. The molecule has 11 heavy (non-hydrogen) atoms. The Kier molecular flexibility index (Phi) is 3.11. The van der Waals surface area contributed by atoms with Crippen LogP contribution in [0, 0.1) is 0 Å². The second kappa shape index (κ2) is 3.90. The van der Waals surface area contributed by atoms with Gasteiger partial charge in [0, 0.05) is 0 Å². The lowest BCUT2D eigenvalue weighted by Crippen LogP contribution is -2.14. The fraction of sp³-hybridized carbons (Fsp3) is 0.429. The van der Waals surface area contributed by atoms with Crippen LogP contribution in [0.5, 0.6) is 0 Å². The topological polar surface area (TPSA) is 45.4 Å². The van der Waals surface area contributed by atoms with E-state index in [-0.39, 0.29) is 6.04 Å². The highest BCUT2D eigenvalue weighted by Gasteiger charge is 2.10. The van der Waals surface area contributed by atoms with Crippen LogP contribution in [0.3, 0.4) is 0 Å². The van der Waals surface area contributed by atoms with Crippen LogP contribution in [-0.4, -0.2) is 5.21 Å². The number of furan rings is 1. The molecule has 3 nitrogen and oxygen atoms in total. The molecule has 0 radical (unpaired) electrons. The number of hydroxylamine groups is 1. The van der Waals surface area contributed by atoms with Crippen molar-refractivity contribution in [2.45, 2.75) is 19.4 Å². The molecule has 1 aromatic heterocycles. The zero-order valence-electron chi connectivity index (χ0n) is 6.17. The van der Waals surface area contributed by atoms with Crippen LogP contribution in [0.25, 0.3) is 0 Å². The number of nitrogens with one attached hydrogen (secondary N) is 1. The first-order valence-electron chi connectivity index (χ1n) is 3.42. The van der Waals surface area contributed by atoms with Crippen LogP contribution in [-0.2, 0) is 0 Å². The van der Waals surface area contributed by atoms with E-state index in [4.69, 9.17) is 9.62 Å². The summed E-state index contributed by atoms with van der Waals surface area (Å²) in [6.07, 6.45) is 0.788. The molecule has 0 unspecified atom stereocenters. The van der Waals surface area contributed by atoms with E-state index in [0.717, 1.165) is 12.2 Å². The zero-order valence-corrected chi connectivity index (χ0v) is 7.76. The molecule has 1 rings (SSSR count). The molecule has 0 aliphatic heterocycles. The van der Waals surface area contributed by atoms with Crippen molar-refractivity contribution >= 4 is 15.9 Å². The first-order chi connectivity index (χ1) is 5.27. The Bertz CT molecular complexity index is 220. The molecule has 0 fully saturated rings. The van der Waals surface area contributed by atoms with E-state index < -0.39 is 0 Å². The molecule has 0 aliphatic rings. The van der Waals surface area contributed by atoms with Gasteiger partial charge < -0.3 is 9.62 Å². The van der Waals surface area contributed by atoms with Gasteiger partial charge in [0.05, 0.1) is 6.04 Å². The van der Waals surface area contributed by atoms with Crippen molar-refractivity contribution in [3.8, 4) is 0 Å². The van der Waals surface area contributed by atoms with Crippen molar-refractivity contribution in [3.05, 3.63) is 22.6 Å². The smallest absolute Gasteiger partial charge is 0.169 e. The highest BCUT2D eigenvalue weighted by atomic mass is 79.9. The van der Waals surface area contributed by atoms with Gasteiger partial charge in [-0.15, -0.1) is 0 Å². The fourth-order valence-electron chi connectivity index (χ4n) is 0.872. The lowest BCUT2D eigenvalue weighted by molar-refractivity contribution is 0.113. The minimum absolute atomic E-state index is 0.110. The lowest BCUT2D eigenvalue weighted by atomic mass is 10.2. The minimum Gasteiger partial charge on any atom is -0.453 e. The van der Waals surface area contributed by atoms with Gasteiger partial charge in [0.25, 0.3) is 0 Å². The van der Waals surface area contributed by atoms with Gasteiger partial charge in [-0.05, 0) is 34.5 Å². The van der Waals surface area contributed by atoms with Crippen molar-refractivity contribution in [1.29, 1.82) is 0 Å². The molecule has 0 aliphatic carbocycles. The summed E-state index contributed by atoms with van der Waals surface area (Å²) in [5.41, 5.74) is 2.17. The Morgan fingerprint density at radius 1 is 1.73 bits per heavy atom. The predicted molar refractivity (Wildman–Crippen MR) is 44.4 cm³/mol. The molecule has 0 saturated heterocycles. The second-order valence-electron chi connectivity index (χ2n) is 2.23. The van der Waals surface area contributed by atoms with E-state index in [0.29, 0.717) is 4.67 Å². The van der Waals surface area contributed by atoms with Gasteiger partial charge in [0.15, 0.2) is 4.67 Å². The molecule has 62 valence electrons. The van der Waals surface area contributed by atoms with Gasteiger partial charge in [0.2, 0.25) is 0 Å². The van der Waals surface area contributed by atoms with Gasteiger partial charge in [0.1, 0.15) is 5.76 Å². The van der Waals surface area contributed by atoms with E-state index >= 15 is 0 Å². The number of hydrogen-bond acceptors (Lipinski definition) is 3. The van der Waals surface area contributed by atoms with Gasteiger partial charge in [-0.25, -0.2) is 0 Å². The molecule has 1 aromatic rings. The molecule has 4 heteroatoms. The van der Waals surface area contributed by atoms with Crippen LogP contribution >= 0.6 is 15.9 Å². The van der Waals surface area contributed by atoms with Gasteiger partial charge in [-0.2, -0.15) is 5.48 Å². The van der Waals surface area contributed by atoms with Gasteiger partial charge in [-0.1, -0.05) is 6.92 Å². The lowest BCUT2D eigenvalue weighted by Gasteiger charge is -2.07. The highest BCUT2D eigenvalue weighted by molar-refractivity contribution is 9.10. The molecule has 1 heterocycles. The number of halogens is 1. The monoisotopic (exact) mass is 219 g/mol. The fourth-order valence-corrected chi connectivity index (χ4v) is 1.19. The molecule has 2 N–H and O–H groups in total. The van der Waals surface area contributed by atoms with Crippen molar-refractivity contribution in [2.24, 2.45) is 0 Å². The summed E-state index contributed by atoms with van der Waals surface area (Å²) in [4.78, 5) is 0. The summed E-state index contributed by atoms with van der Waals surface area (Å²) in [5, 5.41) is 8.66. The third-order valence-electron chi connectivity index (χ3n) is 1.50. The Morgan fingerprint density at radius 2 is 2.45 bits per heavy atom. The second-order valence-corrected chi connectivity index (χ2v) is 3.01. The van der Waals surface area contributed by atoms with Crippen LogP contribution < -0.4 is 5.48 Å². The molecular weight excluding hydrogens is 210 g/mol. The van der Waals surface area contributed by atoms with E-state index in [9.17, 15) is 0 Å². The molecule has 0 amide bonds. The molecule has 0 saturated carbocycles. The van der Waals surface area contributed by atoms with Gasteiger partial charge in [-0.3, -0.25) is 0 Å². The maximum atomic E-state index is 8.66. The first-order valence-corrected chi connectivity index (χ1v) is 4.22. The Labute approximate surface area is 73.5 Å². The molecule has 0 aromatic carbocycles. The number of hydrogen-bond donors (Lipinski definition) is 2. The van der Waals surface area contributed by atoms with Crippen molar-refractivity contribution in [1.82, 2.24) is 5.48 Å². The van der Waals surface area contributed by atoms with E-state index in [2.05, 4.69) is 21.4 Å². The van der Waals surface area contributed by atoms with E-state index in [1.54, 1.807) is 6.07 Å². The van der Waals surface area contributed by atoms with Crippen molar-refractivity contribution in [2.75, 3.05) is 0 Å². The Balaban J connectivity index is 2.73. The molecular formula is C7H10BrNO2. The third kappa shape index (κ3) is 2.05. The molecule has 0 spiro atoms. The van der Waals surface area contributed by atoms with Crippen LogP contribution in [0.2, 0.25) is 0 Å². The average Bonchev–Trinajstić information content (AvgIpc) is 2.39. The quantitative estimate of drug-likeness (QED) is 0.769. The summed E-state index contributed by atoms with van der Waals surface area (Å²) >= 11 is 3.18. The van der Waals surface area contributed by atoms with E-state index in [1.807, 2.05) is 13.0 Å². The molecule has 0 bridgehead atoms. The average molecular weight is 220 g/mol. The van der Waals surface area contributed by atoms with Crippen molar-refractivity contribution in [3.63, 3.8) is 0 Å². The van der Waals surface area contributed by atoms with Crippen molar-refractivity contribution < 1.29 is 9.62 Å². The summed E-state index contributed by atoms with van der Waals surface area (Å²) in [6, 6.07) is 3.51. The maximum Gasteiger partial charge on any atom is 0.169 e. The summed E-state index contributed by atoms with van der Waals surface area (Å²) in [7, 11) is 0. The van der Waals surface area contributed by atoms with Crippen LogP contribution in [0.15, 0.2) is 21.2 Å². The standard InChI is InChI=1S/C7H10BrNO2/c1-2-5(9-10)6-3-4-7(8)11-6/h3-5,9-10H,2H2,1H3/t5-/m0/s1. The van der Waals surface area contributed by atoms with Crippen LogP contribution in [0.4, 0.5) is 0 Å². The van der Waals surface area contributed by atoms with Crippen LogP contribution in [0.1, 0.15) is 25.1 Å². The summed E-state index contributed by atoms with van der Waals surface area (Å²) in [5.74, 6) is 0.738. The minimum atomic E-state index is -0.110. The number of rotatable bonds is 3. The Morgan fingerprint density at radius 3 is 2.82 bits per heavy atom. The zero-order chi connectivity index (χ0) is 8.27. The normalized spacial score (nSPS) is 13.4. The molecule has 1 atom stereocenters. The highest BCUT2D eigenvalue weighted by Crippen LogP contribution is 2.21. The SMILES string of the molecule is CC[C@H](NO)c1ccc(Br)o1.